The predicted molar refractivity (Wildman–Crippen MR) is 94.7 cm³/mol. The average molecular weight is 376 g/mol. The molecule has 134 valence electrons. The predicted octanol–water partition coefficient (Wildman–Crippen LogP) is 3.70. The molecule has 0 aliphatic carbocycles. The molecule has 0 radical (unpaired) electrons. The van der Waals surface area contributed by atoms with Crippen molar-refractivity contribution in [2.45, 2.75) is 51.7 Å². The van der Waals surface area contributed by atoms with Gasteiger partial charge in [-0.3, -0.25) is 4.79 Å². The van der Waals surface area contributed by atoms with Gasteiger partial charge < -0.3 is 15.2 Å². The summed E-state index contributed by atoms with van der Waals surface area (Å²) in [5, 5.41) is 12.7. The van der Waals surface area contributed by atoms with Crippen molar-refractivity contribution >= 4 is 35.1 Å². The quantitative estimate of drug-likeness (QED) is 0.726. The van der Waals surface area contributed by atoms with Crippen LogP contribution in [0, 0.1) is 0 Å². The van der Waals surface area contributed by atoms with Crippen molar-refractivity contribution in [2.24, 2.45) is 0 Å². The van der Waals surface area contributed by atoms with Crippen LogP contribution < -0.4 is 5.32 Å². The minimum atomic E-state index is -1.08. The highest BCUT2D eigenvalue weighted by atomic mass is 35.5. The summed E-state index contributed by atoms with van der Waals surface area (Å²) in [6.45, 7) is 5.91. The number of benzene rings is 1. The van der Waals surface area contributed by atoms with Crippen LogP contribution in [0.4, 0.5) is 0 Å². The van der Waals surface area contributed by atoms with Gasteiger partial charge >= 0.3 is 5.97 Å². The lowest BCUT2D eigenvalue weighted by Crippen LogP contribution is -2.42. The number of amides is 1. The number of ether oxygens (including phenoxy) is 1. The van der Waals surface area contributed by atoms with Crippen molar-refractivity contribution in [1.82, 2.24) is 5.32 Å². The fourth-order valence-electron chi connectivity index (χ4n) is 1.98. The van der Waals surface area contributed by atoms with Crippen molar-refractivity contribution < 1.29 is 19.4 Å². The molecule has 7 heteroatoms. The molecule has 0 saturated heterocycles. The molecular formula is C17H23Cl2NO4. The molecule has 0 spiro atoms. The summed E-state index contributed by atoms with van der Waals surface area (Å²) in [7, 11) is 0. The Morgan fingerprint density at radius 1 is 1.29 bits per heavy atom. The molecule has 0 bridgehead atoms. The van der Waals surface area contributed by atoms with Gasteiger partial charge in [-0.25, -0.2) is 4.79 Å². The molecule has 0 saturated carbocycles. The number of aryl methyl sites for hydroxylation is 1. The molecule has 0 aliphatic rings. The largest absolute Gasteiger partial charge is 0.480 e. The summed E-state index contributed by atoms with van der Waals surface area (Å²) in [5.74, 6) is -1.42. The van der Waals surface area contributed by atoms with Crippen molar-refractivity contribution in [3.8, 4) is 0 Å². The van der Waals surface area contributed by atoms with Crippen molar-refractivity contribution in [1.29, 1.82) is 0 Å². The zero-order valence-corrected chi connectivity index (χ0v) is 15.6. The summed E-state index contributed by atoms with van der Waals surface area (Å²) in [4.78, 5) is 23.2. The monoisotopic (exact) mass is 375 g/mol. The molecule has 1 rings (SSSR count). The third-order valence-electron chi connectivity index (χ3n) is 3.21. The zero-order chi connectivity index (χ0) is 18.3. The maximum atomic E-state index is 12.0. The van der Waals surface area contributed by atoms with Crippen molar-refractivity contribution in [2.75, 3.05) is 6.61 Å². The summed E-state index contributed by atoms with van der Waals surface area (Å²) >= 11 is 11.9. The molecule has 0 heterocycles. The molecule has 1 atom stereocenters. The summed E-state index contributed by atoms with van der Waals surface area (Å²) < 4.78 is 5.50. The number of hydrogen-bond donors (Lipinski definition) is 2. The van der Waals surface area contributed by atoms with Crippen LogP contribution >= 0.6 is 23.2 Å². The van der Waals surface area contributed by atoms with E-state index in [0.29, 0.717) is 16.5 Å². The minimum Gasteiger partial charge on any atom is -0.480 e. The van der Waals surface area contributed by atoms with E-state index in [2.05, 4.69) is 5.32 Å². The van der Waals surface area contributed by atoms with Gasteiger partial charge in [0.05, 0.1) is 5.60 Å². The van der Waals surface area contributed by atoms with E-state index in [4.69, 9.17) is 27.9 Å². The average Bonchev–Trinajstić information content (AvgIpc) is 2.43. The second-order valence-corrected chi connectivity index (χ2v) is 7.29. The molecule has 0 fully saturated rings. The molecule has 0 aliphatic heterocycles. The van der Waals surface area contributed by atoms with Crippen LogP contribution in [0.5, 0.6) is 0 Å². The van der Waals surface area contributed by atoms with Crippen LogP contribution in [0.2, 0.25) is 10.0 Å². The minimum absolute atomic E-state index is 0.144. The molecular weight excluding hydrogens is 353 g/mol. The number of hydrogen-bond acceptors (Lipinski definition) is 3. The standard InChI is InChI=1S/C17H23Cl2NO4/c1-17(2,3)24-9-8-14(16(22)23)20-15(21)7-5-11-4-6-12(18)10-13(11)19/h4,6,10,14H,5,7-9H2,1-3H3,(H,20,21)(H,22,23). The maximum absolute atomic E-state index is 12.0. The SMILES string of the molecule is CC(C)(C)OCCC(NC(=O)CCc1ccc(Cl)cc1Cl)C(=O)O. The van der Waals surface area contributed by atoms with Crippen LogP contribution in [-0.2, 0) is 20.7 Å². The lowest BCUT2D eigenvalue weighted by Gasteiger charge is -2.21. The van der Waals surface area contributed by atoms with Crippen molar-refractivity contribution in [3.05, 3.63) is 33.8 Å². The number of carboxylic acid groups (broad SMARTS) is 1. The Kier molecular flexibility index (Phi) is 8.00. The molecule has 1 aromatic carbocycles. The Bertz CT molecular complexity index is 584. The number of nitrogens with one attached hydrogen (secondary N) is 1. The first-order chi connectivity index (χ1) is 11.1. The van der Waals surface area contributed by atoms with Gasteiger partial charge in [-0.2, -0.15) is 0 Å². The van der Waals surface area contributed by atoms with E-state index in [-0.39, 0.29) is 31.0 Å². The Morgan fingerprint density at radius 3 is 2.50 bits per heavy atom. The lowest BCUT2D eigenvalue weighted by atomic mass is 10.1. The Hall–Kier alpha value is -1.30. The van der Waals surface area contributed by atoms with E-state index in [1.54, 1.807) is 18.2 Å². The van der Waals surface area contributed by atoms with E-state index < -0.39 is 12.0 Å². The smallest absolute Gasteiger partial charge is 0.326 e. The van der Waals surface area contributed by atoms with Crippen LogP contribution in [0.3, 0.4) is 0 Å². The number of carbonyl (C=O) groups is 2. The van der Waals surface area contributed by atoms with Gasteiger partial charge in [0.25, 0.3) is 0 Å². The van der Waals surface area contributed by atoms with Crippen LogP contribution in [0.25, 0.3) is 0 Å². The van der Waals surface area contributed by atoms with E-state index in [1.807, 2.05) is 20.8 Å². The van der Waals surface area contributed by atoms with E-state index >= 15 is 0 Å². The topological polar surface area (TPSA) is 75.6 Å². The number of halogens is 2. The molecule has 1 unspecified atom stereocenters. The highest BCUT2D eigenvalue weighted by molar-refractivity contribution is 6.35. The van der Waals surface area contributed by atoms with Gasteiger partial charge in [0.2, 0.25) is 5.91 Å². The summed E-state index contributed by atoms with van der Waals surface area (Å²) in [6.07, 6.45) is 0.762. The van der Waals surface area contributed by atoms with E-state index in [9.17, 15) is 14.7 Å². The molecule has 2 N–H and O–H groups in total. The molecule has 0 aromatic heterocycles. The number of carboxylic acids is 1. The highest BCUT2D eigenvalue weighted by Gasteiger charge is 2.21. The van der Waals surface area contributed by atoms with Crippen LogP contribution in [-0.4, -0.2) is 35.2 Å². The number of rotatable bonds is 8. The van der Waals surface area contributed by atoms with Gasteiger partial charge in [0, 0.05) is 29.5 Å². The summed E-state index contributed by atoms with van der Waals surface area (Å²) in [5.41, 5.74) is 0.442. The third-order valence-corrected chi connectivity index (χ3v) is 3.80. The van der Waals surface area contributed by atoms with Gasteiger partial charge in [-0.15, -0.1) is 0 Å². The Morgan fingerprint density at radius 2 is 1.96 bits per heavy atom. The van der Waals surface area contributed by atoms with Gasteiger partial charge in [0.1, 0.15) is 6.04 Å². The molecule has 1 amide bonds. The third kappa shape index (κ3) is 7.99. The zero-order valence-electron chi connectivity index (χ0n) is 14.1. The van der Waals surface area contributed by atoms with Crippen LogP contribution in [0.1, 0.15) is 39.2 Å². The van der Waals surface area contributed by atoms with Crippen LogP contribution in [0.15, 0.2) is 18.2 Å². The second-order valence-electron chi connectivity index (χ2n) is 6.44. The first kappa shape index (κ1) is 20.7. The number of carbonyl (C=O) groups excluding carboxylic acids is 1. The Balaban J connectivity index is 2.49. The van der Waals surface area contributed by atoms with E-state index in [1.165, 1.54) is 0 Å². The molecule has 24 heavy (non-hydrogen) atoms. The highest BCUT2D eigenvalue weighted by Crippen LogP contribution is 2.22. The Labute approximate surface area is 152 Å². The summed E-state index contributed by atoms with van der Waals surface area (Å²) in [6, 6.07) is 4.09. The van der Waals surface area contributed by atoms with Gasteiger partial charge in [0.15, 0.2) is 0 Å². The molecule has 1 aromatic rings. The fourth-order valence-corrected chi connectivity index (χ4v) is 2.48. The lowest BCUT2D eigenvalue weighted by molar-refractivity contribution is -0.142. The molecule has 5 nitrogen and oxygen atoms in total. The first-order valence-corrected chi connectivity index (χ1v) is 8.44. The normalized spacial score (nSPS) is 12.7. The van der Waals surface area contributed by atoms with Gasteiger partial charge in [-0.1, -0.05) is 29.3 Å². The first-order valence-electron chi connectivity index (χ1n) is 7.68. The number of aliphatic carboxylic acids is 1. The van der Waals surface area contributed by atoms with E-state index in [0.717, 1.165) is 5.56 Å². The van der Waals surface area contributed by atoms with Gasteiger partial charge in [-0.05, 0) is 44.9 Å². The maximum Gasteiger partial charge on any atom is 0.326 e. The second kappa shape index (κ2) is 9.25. The fraction of sp³-hybridized carbons (Fsp3) is 0.529. The van der Waals surface area contributed by atoms with Crippen molar-refractivity contribution in [3.63, 3.8) is 0 Å².